The van der Waals surface area contributed by atoms with Gasteiger partial charge in [0, 0.05) is 32.7 Å². The molecule has 2 aromatic rings. The Balaban J connectivity index is 0.00000338. The maximum absolute atomic E-state index is 12.0. The molecule has 0 spiro atoms. The van der Waals surface area contributed by atoms with Crippen LogP contribution in [0.25, 0.3) is 0 Å². The van der Waals surface area contributed by atoms with E-state index in [4.69, 9.17) is 23.2 Å². The fourth-order valence-electron chi connectivity index (χ4n) is 1.96. The second-order valence-corrected chi connectivity index (χ2v) is 5.85. The van der Waals surface area contributed by atoms with Crippen LogP contribution in [0.2, 0.25) is 10.0 Å². The van der Waals surface area contributed by atoms with E-state index >= 15 is 0 Å². The Morgan fingerprint density at radius 2 is 1.92 bits per heavy atom. The lowest BCUT2D eigenvalue weighted by Gasteiger charge is -2.12. The summed E-state index contributed by atoms with van der Waals surface area (Å²) in [6, 6.07) is 4.75. The Bertz CT molecular complexity index is 766. The van der Waals surface area contributed by atoms with E-state index in [2.05, 4.69) is 31.0 Å². The molecule has 142 valence electrons. The van der Waals surface area contributed by atoms with Crippen LogP contribution in [0.3, 0.4) is 0 Å². The number of nitrogens with one attached hydrogen (secondary N) is 3. The highest BCUT2D eigenvalue weighted by Crippen LogP contribution is 2.22. The van der Waals surface area contributed by atoms with Crippen LogP contribution in [0.15, 0.2) is 29.5 Å². The maximum Gasteiger partial charge on any atom is 0.251 e. The zero-order chi connectivity index (χ0) is 18.2. The molecule has 0 atom stereocenters. The number of amides is 1. The van der Waals surface area contributed by atoms with Gasteiger partial charge >= 0.3 is 0 Å². The second kappa shape index (κ2) is 11.2. The van der Waals surface area contributed by atoms with E-state index in [1.165, 1.54) is 12.4 Å². The van der Waals surface area contributed by atoms with Crippen LogP contribution in [-0.2, 0) is 13.6 Å². The first-order valence-corrected chi connectivity index (χ1v) is 8.27. The lowest BCUT2D eigenvalue weighted by Crippen LogP contribution is -2.41. The molecule has 2 rings (SSSR count). The highest BCUT2D eigenvalue weighted by Gasteiger charge is 2.08. The molecule has 0 aliphatic heterocycles. The first-order valence-electron chi connectivity index (χ1n) is 7.52. The predicted molar refractivity (Wildman–Crippen MR) is 113 cm³/mol. The largest absolute Gasteiger partial charge is 0.355 e. The summed E-state index contributed by atoms with van der Waals surface area (Å²) in [5, 5.41) is 13.8. The van der Waals surface area contributed by atoms with Gasteiger partial charge in [0.05, 0.1) is 16.6 Å². The zero-order valence-electron chi connectivity index (χ0n) is 14.3. The van der Waals surface area contributed by atoms with Gasteiger partial charge in [-0.15, -0.1) is 24.0 Å². The van der Waals surface area contributed by atoms with Crippen LogP contribution in [0.1, 0.15) is 16.2 Å². The van der Waals surface area contributed by atoms with Crippen LogP contribution in [0, 0.1) is 0 Å². The van der Waals surface area contributed by atoms with Gasteiger partial charge in [0.15, 0.2) is 5.96 Å². The summed E-state index contributed by atoms with van der Waals surface area (Å²) >= 11 is 11.7. The molecular formula is C15H20Cl2IN7O. The van der Waals surface area contributed by atoms with Crippen molar-refractivity contribution in [3.8, 4) is 0 Å². The Kier molecular flexibility index (Phi) is 9.66. The van der Waals surface area contributed by atoms with Crippen LogP contribution in [0.5, 0.6) is 0 Å². The molecular weight excluding hydrogens is 492 g/mol. The van der Waals surface area contributed by atoms with Gasteiger partial charge < -0.3 is 16.0 Å². The highest BCUT2D eigenvalue weighted by molar-refractivity contribution is 14.0. The molecule has 0 fully saturated rings. The van der Waals surface area contributed by atoms with E-state index in [0.29, 0.717) is 41.2 Å². The monoisotopic (exact) mass is 511 g/mol. The summed E-state index contributed by atoms with van der Waals surface area (Å²) in [5.74, 6) is 1.17. The molecule has 3 N–H and O–H groups in total. The van der Waals surface area contributed by atoms with Gasteiger partial charge in [-0.25, -0.2) is 4.98 Å². The van der Waals surface area contributed by atoms with E-state index in [-0.39, 0.29) is 29.9 Å². The van der Waals surface area contributed by atoms with Gasteiger partial charge in [-0.05, 0) is 18.2 Å². The van der Waals surface area contributed by atoms with E-state index in [1.54, 1.807) is 23.9 Å². The molecule has 26 heavy (non-hydrogen) atoms. The molecule has 0 saturated heterocycles. The molecule has 0 aliphatic rings. The molecule has 8 nitrogen and oxygen atoms in total. The van der Waals surface area contributed by atoms with Gasteiger partial charge in [-0.3, -0.25) is 14.5 Å². The number of hydrogen-bond donors (Lipinski definition) is 3. The van der Waals surface area contributed by atoms with Crippen molar-refractivity contribution in [2.75, 3.05) is 20.1 Å². The predicted octanol–water partition coefficient (Wildman–Crippen LogP) is 1.83. The summed E-state index contributed by atoms with van der Waals surface area (Å²) in [6.45, 7) is 1.42. The molecule has 0 radical (unpaired) electrons. The van der Waals surface area contributed by atoms with Crippen LogP contribution < -0.4 is 16.0 Å². The average molecular weight is 512 g/mol. The summed E-state index contributed by atoms with van der Waals surface area (Å²) in [5.41, 5.74) is 0.458. The van der Waals surface area contributed by atoms with Gasteiger partial charge in [0.1, 0.15) is 12.2 Å². The highest BCUT2D eigenvalue weighted by atomic mass is 127. The topological polar surface area (TPSA) is 96.2 Å². The molecule has 11 heteroatoms. The molecule has 1 amide bonds. The molecule has 1 aromatic heterocycles. The Labute approximate surface area is 178 Å². The van der Waals surface area contributed by atoms with Gasteiger partial charge in [-0.2, -0.15) is 5.10 Å². The number of benzene rings is 1. The minimum atomic E-state index is -0.220. The first kappa shape index (κ1) is 22.5. The SMILES string of the molecule is CN=C(NCCNC(=O)c1ccc(Cl)c(Cl)c1)NCc1ncnn1C.I. The number of aryl methyl sites for hydroxylation is 1. The minimum absolute atomic E-state index is 0. The standard InChI is InChI=1S/C15H19Cl2N7O.HI/c1-18-15(21-8-13-22-9-23-24(13)2)20-6-5-19-14(25)10-3-4-11(16)12(17)7-10;/h3-4,7,9H,5-6,8H2,1-2H3,(H,19,25)(H2,18,20,21);1H. The lowest BCUT2D eigenvalue weighted by molar-refractivity contribution is 0.0954. The van der Waals surface area contributed by atoms with E-state index in [0.717, 1.165) is 5.82 Å². The number of aromatic nitrogens is 3. The van der Waals surface area contributed by atoms with Crippen molar-refractivity contribution in [2.24, 2.45) is 12.0 Å². The number of halogens is 3. The van der Waals surface area contributed by atoms with Crippen molar-refractivity contribution in [1.82, 2.24) is 30.7 Å². The number of hydrogen-bond acceptors (Lipinski definition) is 4. The summed E-state index contributed by atoms with van der Waals surface area (Å²) in [6.07, 6.45) is 1.49. The molecule has 0 aliphatic carbocycles. The number of nitrogens with zero attached hydrogens (tertiary/aromatic N) is 4. The molecule has 0 unspecified atom stereocenters. The van der Waals surface area contributed by atoms with Crippen molar-refractivity contribution in [3.63, 3.8) is 0 Å². The summed E-state index contributed by atoms with van der Waals surface area (Å²) in [7, 11) is 3.49. The fraction of sp³-hybridized carbons (Fsp3) is 0.333. The Hall–Kier alpha value is -1.59. The second-order valence-electron chi connectivity index (χ2n) is 5.04. The Morgan fingerprint density at radius 1 is 1.19 bits per heavy atom. The van der Waals surface area contributed by atoms with Crippen molar-refractivity contribution in [1.29, 1.82) is 0 Å². The third-order valence-corrected chi connectivity index (χ3v) is 4.07. The van der Waals surface area contributed by atoms with Crippen molar-refractivity contribution >= 4 is 59.0 Å². The van der Waals surface area contributed by atoms with Crippen molar-refractivity contribution in [2.45, 2.75) is 6.54 Å². The van der Waals surface area contributed by atoms with Crippen LogP contribution in [-0.4, -0.2) is 46.8 Å². The van der Waals surface area contributed by atoms with Gasteiger partial charge in [0.25, 0.3) is 5.91 Å². The van der Waals surface area contributed by atoms with Gasteiger partial charge in [0.2, 0.25) is 0 Å². The number of aliphatic imine (C=N–C) groups is 1. The third kappa shape index (κ3) is 6.61. The number of carbonyl (C=O) groups is 1. The van der Waals surface area contributed by atoms with Crippen LogP contribution >= 0.6 is 47.2 Å². The normalized spacial score (nSPS) is 10.8. The van der Waals surface area contributed by atoms with Gasteiger partial charge in [-0.1, -0.05) is 23.2 Å². The van der Waals surface area contributed by atoms with Crippen LogP contribution in [0.4, 0.5) is 0 Å². The first-order chi connectivity index (χ1) is 12.0. The smallest absolute Gasteiger partial charge is 0.251 e. The lowest BCUT2D eigenvalue weighted by atomic mass is 10.2. The molecule has 1 aromatic carbocycles. The zero-order valence-corrected chi connectivity index (χ0v) is 18.1. The molecule has 1 heterocycles. The quantitative estimate of drug-likeness (QED) is 0.238. The van der Waals surface area contributed by atoms with Crippen molar-refractivity contribution < 1.29 is 4.79 Å². The molecule has 0 bridgehead atoms. The fourth-order valence-corrected chi connectivity index (χ4v) is 2.26. The van der Waals surface area contributed by atoms with E-state index < -0.39 is 0 Å². The van der Waals surface area contributed by atoms with E-state index in [9.17, 15) is 4.79 Å². The van der Waals surface area contributed by atoms with E-state index in [1.807, 2.05) is 7.05 Å². The maximum atomic E-state index is 12.0. The number of rotatable bonds is 6. The summed E-state index contributed by atoms with van der Waals surface area (Å²) < 4.78 is 1.68. The minimum Gasteiger partial charge on any atom is -0.355 e. The molecule has 0 saturated carbocycles. The summed E-state index contributed by atoms with van der Waals surface area (Å²) in [4.78, 5) is 20.3. The third-order valence-electron chi connectivity index (χ3n) is 3.33. The number of carbonyl (C=O) groups excluding carboxylic acids is 1. The number of guanidine groups is 1. The van der Waals surface area contributed by atoms with Crippen molar-refractivity contribution in [3.05, 3.63) is 46.0 Å². The Morgan fingerprint density at radius 3 is 2.54 bits per heavy atom. The average Bonchev–Trinajstić information content (AvgIpc) is 3.01.